The van der Waals surface area contributed by atoms with Gasteiger partial charge in [0.25, 0.3) is 0 Å². The zero-order chi connectivity index (χ0) is 89.5. The summed E-state index contributed by atoms with van der Waals surface area (Å²) in [6.07, 6.45) is -4.64. The lowest BCUT2D eigenvalue weighted by Gasteiger charge is -2.29. The largest absolute Gasteiger partial charge is 0.481 e. The molecule has 0 aromatic carbocycles. The number of aliphatic hydroxyl groups is 3. The van der Waals surface area contributed by atoms with Gasteiger partial charge >= 0.3 is 17.9 Å². The van der Waals surface area contributed by atoms with Gasteiger partial charge in [-0.3, -0.25) is 91.1 Å². The number of carboxylic acids is 3. The molecular weight excluding hydrogens is 1570 g/mol. The number of hydrogen-bond donors (Lipinski definition) is 26. The zero-order valence-electron chi connectivity index (χ0n) is 67.3. The Bertz CT molecular complexity index is 3370. The molecule has 0 aliphatic carbocycles. The Hall–Kier alpha value is -10.5. The molecule has 117 heavy (non-hydrogen) atoms. The quantitative estimate of drug-likeness (QED) is 0.0251. The smallest absolute Gasteiger partial charge is 0.326 e. The summed E-state index contributed by atoms with van der Waals surface area (Å²) < 4.78 is 0. The van der Waals surface area contributed by atoms with Crippen LogP contribution < -0.4 is 108 Å². The highest BCUT2D eigenvalue weighted by atomic mass is 32.2. The first kappa shape index (κ1) is 107. The number of amides is 17. The van der Waals surface area contributed by atoms with Crippen molar-refractivity contribution in [3.63, 3.8) is 0 Å². The molecule has 0 saturated heterocycles. The fourth-order valence-corrected chi connectivity index (χ4v) is 11.3. The molecule has 0 aliphatic rings. The highest BCUT2D eigenvalue weighted by molar-refractivity contribution is 7.98. The second-order valence-corrected chi connectivity index (χ2v) is 29.6. The first-order chi connectivity index (χ1) is 54.8. The number of thioether (sulfide) groups is 1. The van der Waals surface area contributed by atoms with Crippen molar-refractivity contribution < 1.29 is 127 Å². The van der Waals surface area contributed by atoms with Gasteiger partial charge in [0.1, 0.15) is 72.5 Å². The summed E-state index contributed by atoms with van der Waals surface area (Å²) in [5, 5.41) is 94.6. The maximum Gasteiger partial charge on any atom is 0.326 e. The van der Waals surface area contributed by atoms with Gasteiger partial charge in [-0.05, 0) is 121 Å². The number of aliphatic carboxylic acids is 3. The van der Waals surface area contributed by atoms with E-state index in [1.54, 1.807) is 47.8 Å². The van der Waals surface area contributed by atoms with Crippen LogP contribution in [0, 0.1) is 17.8 Å². The average Bonchev–Trinajstić information content (AvgIpc) is 0.853. The second-order valence-electron chi connectivity index (χ2n) is 28.6. The summed E-state index contributed by atoms with van der Waals surface area (Å²) in [7, 11) is 0. The molecule has 0 spiro atoms. The molecule has 0 heterocycles. The fourth-order valence-electron chi connectivity index (χ4n) is 10.9. The Morgan fingerprint density at radius 1 is 0.368 bits per heavy atom. The van der Waals surface area contributed by atoms with Gasteiger partial charge in [-0.2, -0.15) is 11.8 Å². The van der Waals surface area contributed by atoms with Crippen molar-refractivity contribution in [1.29, 1.82) is 0 Å². The van der Waals surface area contributed by atoms with E-state index in [-0.39, 0.29) is 69.6 Å². The van der Waals surface area contributed by atoms with Gasteiger partial charge < -0.3 is 139 Å². The van der Waals surface area contributed by atoms with E-state index in [9.17, 15) is 127 Å². The van der Waals surface area contributed by atoms with Crippen LogP contribution in [0.2, 0.25) is 0 Å². The summed E-state index contributed by atoms with van der Waals surface area (Å²) >= 11 is 1.25. The minimum absolute atomic E-state index is 0.0865. The van der Waals surface area contributed by atoms with Gasteiger partial charge in [-0.15, -0.1) is 0 Å². The third kappa shape index (κ3) is 43.9. The number of rotatable bonds is 61. The van der Waals surface area contributed by atoms with Crippen molar-refractivity contribution in [2.24, 2.45) is 46.4 Å². The molecule has 16 atom stereocenters. The van der Waals surface area contributed by atoms with Crippen molar-refractivity contribution in [3.05, 3.63) is 0 Å². The number of aliphatic hydroxyl groups excluding tert-OH is 3. The highest BCUT2D eigenvalue weighted by Gasteiger charge is 2.39. The standard InChI is InChI=1S/C70H122N20O26S/c1-10-35(6)55(88-51(97)30-78-61(106)47(32-91)79-50(96)29-77-60(105)45(27-48(74)94)85-66(111)43(25-33(2)3)84-58(103)38(73)15-11-13-22-71)67(112)83-42(21-24-117-9)63(108)80-39(16-12-14-23-72)64(109)90-57(37(8)93)69(114)82-40(17-19-53(99)100)59(104)76-31-52(98)89-56(36(7)92)68(113)86-44(26-34(4)5)65(110)81-41(18-20-54(101)102)62(107)87-46(70(115)116)28-49(75)95/h33-47,55-57,91-93H,10-32,71-73H2,1-9H3,(H2,74,94)(H2,75,95)(H,76,104)(H,77,105)(H,78,106)(H,79,96)(H,80,108)(H,81,110)(H,82,114)(H,83,112)(H,84,103)(H,85,111)(H,86,113)(H,87,107)(H,88,97)(H,89,98)(H,90,109)(H,99,100)(H,101,102)(H,115,116)/t35-,36+,37+,38-,39-,40-,41-,42-,43-,44-,45-,46-,47-,55-,56-,57-/m0/s1. The molecule has 17 amide bonds. The Morgan fingerprint density at radius 3 is 1.11 bits per heavy atom. The third-order valence-electron chi connectivity index (χ3n) is 17.5. The molecule has 31 N–H and O–H groups in total. The molecule has 0 aliphatic heterocycles. The fraction of sp³-hybridized carbons (Fsp3) is 0.714. The van der Waals surface area contributed by atoms with Crippen LogP contribution in [0.5, 0.6) is 0 Å². The lowest BCUT2D eigenvalue weighted by atomic mass is 9.97. The van der Waals surface area contributed by atoms with Crippen molar-refractivity contribution in [3.8, 4) is 0 Å². The van der Waals surface area contributed by atoms with Crippen LogP contribution in [0.15, 0.2) is 0 Å². The van der Waals surface area contributed by atoms with Crippen LogP contribution in [0.3, 0.4) is 0 Å². The first-order valence-electron chi connectivity index (χ1n) is 38.1. The maximum absolute atomic E-state index is 14.3. The number of carbonyl (C=O) groups excluding carboxylic acids is 17. The van der Waals surface area contributed by atoms with Crippen molar-refractivity contribution in [1.82, 2.24) is 79.8 Å². The van der Waals surface area contributed by atoms with E-state index in [2.05, 4.69) is 74.4 Å². The monoisotopic (exact) mass is 1690 g/mol. The number of carbonyl (C=O) groups is 20. The average molecular weight is 1690 g/mol. The Balaban J connectivity index is 6.50. The predicted octanol–water partition coefficient (Wildman–Crippen LogP) is -10.1. The van der Waals surface area contributed by atoms with Crippen LogP contribution in [0.1, 0.15) is 158 Å². The van der Waals surface area contributed by atoms with Gasteiger partial charge in [0.2, 0.25) is 100 Å². The summed E-state index contributed by atoms with van der Waals surface area (Å²) in [5.74, 6) is -23.9. The second kappa shape index (κ2) is 56.7. The summed E-state index contributed by atoms with van der Waals surface area (Å²) in [4.78, 5) is 263. The minimum atomic E-state index is -1.98. The van der Waals surface area contributed by atoms with E-state index in [0.717, 1.165) is 13.8 Å². The molecule has 0 bridgehead atoms. The predicted molar refractivity (Wildman–Crippen MR) is 417 cm³/mol. The van der Waals surface area contributed by atoms with E-state index >= 15 is 0 Å². The van der Waals surface area contributed by atoms with E-state index < -0.39 is 286 Å². The SMILES string of the molecule is CC[C@H](C)[C@H](NC(=O)CNC(=O)[C@H](CO)NC(=O)CNC(=O)[C@H](CC(N)=O)NC(=O)[C@H](CC(C)C)NC(=O)[C@@H](N)CCCCN)C(=O)N[C@@H](CCSC)C(=O)N[C@@H](CCCCN)C(=O)N[C@H](C(=O)N[C@@H](CCC(=O)O)C(=O)NCC(=O)N[C@H](C(=O)N[C@@H](CC(C)C)C(=O)N[C@@H](CCC(=O)O)C(=O)N[C@@H](CC(N)=O)C(=O)O)[C@@H](C)O)[C@@H](C)O. The van der Waals surface area contributed by atoms with Crippen molar-refractivity contribution in [2.75, 3.05) is 51.3 Å². The topological polar surface area (TPSA) is 773 Å². The molecule has 0 saturated carbocycles. The van der Waals surface area contributed by atoms with Crippen LogP contribution in [-0.2, 0) is 95.9 Å². The molecule has 664 valence electrons. The normalized spacial score (nSPS) is 15.2. The van der Waals surface area contributed by atoms with Crippen molar-refractivity contribution >= 4 is 130 Å². The molecule has 0 radical (unpaired) electrons. The van der Waals surface area contributed by atoms with Gasteiger partial charge in [0.15, 0.2) is 0 Å². The van der Waals surface area contributed by atoms with E-state index in [1.165, 1.54) is 11.8 Å². The summed E-state index contributed by atoms with van der Waals surface area (Å²) in [5.41, 5.74) is 27.7. The molecule has 46 nitrogen and oxygen atoms in total. The molecular formula is C70H122N20O26S. The maximum atomic E-state index is 14.3. The van der Waals surface area contributed by atoms with Gasteiger partial charge in [-0.25, -0.2) is 4.79 Å². The Labute approximate surface area is 680 Å². The van der Waals surface area contributed by atoms with E-state index in [0.29, 0.717) is 19.4 Å². The molecule has 0 rings (SSSR count). The van der Waals surface area contributed by atoms with Crippen LogP contribution >= 0.6 is 11.8 Å². The molecule has 0 fully saturated rings. The summed E-state index contributed by atoms with van der Waals surface area (Å²) in [6, 6.07) is -21.0. The van der Waals surface area contributed by atoms with Crippen LogP contribution in [0.4, 0.5) is 0 Å². The summed E-state index contributed by atoms with van der Waals surface area (Å²) in [6.45, 7) is 8.69. The van der Waals surface area contributed by atoms with Crippen LogP contribution in [-0.4, -0.2) is 291 Å². The zero-order valence-corrected chi connectivity index (χ0v) is 68.1. The molecule has 0 unspecified atom stereocenters. The van der Waals surface area contributed by atoms with Gasteiger partial charge in [0, 0.05) is 12.8 Å². The number of unbranched alkanes of at least 4 members (excludes halogenated alkanes) is 2. The van der Waals surface area contributed by atoms with E-state index in [4.69, 9.17) is 28.7 Å². The van der Waals surface area contributed by atoms with E-state index in [1.807, 2.05) is 5.32 Å². The number of carboxylic acid groups (broad SMARTS) is 3. The van der Waals surface area contributed by atoms with Crippen LogP contribution in [0.25, 0.3) is 0 Å². The number of hydrogen-bond acceptors (Lipinski definition) is 27. The number of nitrogens with two attached hydrogens (primary N) is 5. The van der Waals surface area contributed by atoms with Gasteiger partial charge in [0.05, 0.1) is 57.3 Å². The lowest BCUT2D eigenvalue weighted by Crippen LogP contribution is -2.61. The van der Waals surface area contributed by atoms with Gasteiger partial charge in [-0.1, -0.05) is 54.4 Å². The first-order valence-corrected chi connectivity index (χ1v) is 39.5. The highest BCUT2D eigenvalue weighted by Crippen LogP contribution is 2.15. The number of primary amides is 2. The molecule has 47 heteroatoms. The number of nitrogens with one attached hydrogen (secondary N) is 15. The molecule has 0 aromatic heterocycles. The van der Waals surface area contributed by atoms with Crippen molar-refractivity contribution in [2.45, 2.75) is 249 Å². The minimum Gasteiger partial charge on any atom is -0.481 e. The Morgan fingerprint density at radius 2 is 0.701 bits per heavy atom. The Kier molecular flexibility index (Phi) is 51.7. The molecule has 0 aromatic rings. The lowest BCUT2D eigenvalue weighted by molar-refractivity contribution is -0.144. The third-order valence-corrected chi connectivity index (χ3v) is 18.1.